The first kappa shape index (κ1) is 14.0. The van der Waals surface area contributed by atoms with Gasteiger partial charge in [0.2, 0.25) is 5.91 Å². The van der Waals surface area contributed by atoms with E-state index in [0.29, 0.717) is 26.3 Å². The number of nitrogens with zero attached hydrogens (tertiary/aromatic N) is 1. The number of amides is 1. The molecule has 1 N–H and O–H groups in total. The van der Waals surface area contributed by atoms with E-state index in [9.17, 15) is 4.79 Å². The van der Waals surface area contributed by atoms with Crippen molar-refractivity contribution < 1.29 is 9.53 Å². The van der Waals surface area contributed by atoms with Crippen LogP contribution < -0.4 is 5.32 Å². The second kappa shape index (κ2) is 6.68. The van der Waals surface area contributed by atoms with E-state index in [1.54, 1.807) is 0 Å². The first-order chi connectivity index (χ1) is 9.18. The predicted molar refractivity (Wildman–Crippen MR) is 74.9 cm³/mol. The van der Waals surface area contributed by atoms with Crippen LogP contribution >= 0.6 is 0 Å². The van der Waals surface area contributed by atoms with Crippen molar-refractivity contribution in [2.75, 3.05) is 26.3 Å². The number of ether oxygens (including phenoxy) is 1. The van der Waals surface area contributed by atoms with Gasteiger partial charge in [0, 0.05) is 19.6 Å². The van der Waals surface area contributed by atoms with E-state index in [4.69, 9.17) is 4.74 Å². The number of benzene rings is 1. The minimum absolute atomic E-state index is 0.155. The van der Waals surface area contributed by atoms with Gasteiger partial charge in [0.15, 0.2) is 0 Å². The van der Waals surface area contributed by atoms with Crippen LogP contribution in [0.15, 0.2) is 24.3 Å². The van der Waals surface area contributed by atoms with E-state index >= 15 is 0 Å². The zero-order valence-electron chi connectivity index (χ0n) is 11.7. The molecular formula is C15H22N2O2. The Labute approximate surface area is 114 Å². The molecule has 1 aliphatic rings. The number of hydrogen-bond donors (Lipinski definition) is 1. The minimum atomic E-state index is -0.155. The van der Waals surface area contributed by atoms with Crippen LogP contribution in [0.25, 0.3) is 0 Å². The lowest BCUT2D eigenvalue weighted by atomic mass is 10.1. The van der Waals surface area contributed by atoms with Gasteiger partial charge in [-0.3, -0.25) is 4.79 Å². The summed E-state index contributed by atoms with van der Waals surface area (Å²) in [5.41, 5.74) is 2.49. The summed E-state index contributed by atoms with van der Waals surface area (Å²) in [6, 6.07) is 8.08. The van der Waals surface area contributed by atoms with Crippen LogP contribution in [0.2, 0.25) is 0 Å². The molecule has 1 aliphatic heterocycles. The third-order valence-corrected chi connectivity index (χ3v) is 3.55. The van der Waals surface area contributed by atoms with E-state index in [1.165, 1.54) is 11.1 Å². The fourth-order valence-corrected chi connectivity index (χ4v) is 2.22. The van der Waals surface area contributed by atoms with E-state index in [0.717, 1.165) is 6.54 Å². The summed E-state index contributed by atoms with van der Waals surface area (Å²) in [5.74, 6) is 0.164. The topological polar surface area (TPSA) is 41.6 Å². The number of nitrogens with one attached hydrogen (secondary N) is 1. The van der Waals surface area contributed by atoms with Gasteiger partial charge in [-0.15, -0.1) is 0 Å². The van der Waals surface area contributed by atoms with E-state index < -0.39 is 0 Å². The van der Waals surface area contributed by atoms with Crippen molar-refractivity contribution in [2.24, 2.45) is 0 Å². The summed E-state index contributed by atoms with van der Waals surface area (Å²) >= 11 is 0. The second-order valence-corrected chi connectivity index (χ2v) is 4.97. The Morgan fingerprint density at radius 1 is 1.37 bits per heavy atom. The summed E-state index contributed by atoms with van der Waals surface area (Å²) in [7, 11) is 0. The molecule has 0 bridgehead atoms. The molecule has 1 aromatic rings. The molecule has 0 spiro atoms. The van der Waals surface area contributed by atoms with E-state index in [1.807, 2.05) is 24.0 Å². The monoisotopic (exact) mass is 262 g/mol. The van der Waals surface area contributed by atoms with Crippen LogP contribution in [0.1, 0.15) is 18.1 Å². The number of carbonyl (C=O) groups excluding carboxylic acids is 1. The molecule has 1 saturated heterocycles. The smallest absolute Gasteiger partial charge is 0.239 e. The predicted octanol–water partition coefficient (Wildman–Crippen LogP) is 1.33. The van der Waals surface area contributed by atoms with Crippen molar-refractivity contribution in [1.29, 1.82) is 0 Å². The van der Waals surface area contributed by atoms with Crippen LogP contribution in [0.4, 0.5) is 0 Å². The maximum atomic E-state index is 12.2. The summed E-state index contributed by atoms with van der Waals surface area (Å²) in [6.45, 7) is 7.45. The molecule has 19 heavy (non-hydrogen) atoms. The molecule has 4 nitrogen and oxygen atoms in total. The van der Waals surface area contributed by atoms with Crippen molar-refractivity contribution in [3.63, 3.8) is 0 Å². The quantitative estimate of drug-likeness (QED) is 0.890. The normalized spacial score (nSPS) is 17.3. The Morgan fingerprint density at radius 3 is 2.74 bits per heavy atom. The van der Waals surface area contributed by atoms with Gasteiger partial charge >= 0.3 is 0 Å². The first-order valence-corrected chi connectivity index (χ1v) is 6.83. The Hall–Kier alpha value is -1.39. The van der Waals surface area contributed by atoms with E-state index in [2.05, 4.69) is 24.4 Å². The van der Waals surface area contributed by atoms with Gasteiger partial charge in [0.05, 0.1) is 19.3 Å². The maximum Gasteiger partial charge on any atom is 0.239 e. The number of morpholine rings is 1. The fraction of sp³-hybridized carbons (Fsp3) is 0.533. The van der Waals surface area contributed by atoms with Crippen LogP contribution in [-0.4, -0.2) is 43.2 Å². The number of carbonyl (C=O) groups is 1. The molecule has 0 saturated carbocycles. The fourth-order valence-electron chi connectivity index (χ4n) is 2.22. The zero-order valence-corrected chi connectivity index (χ0v) is 11.7. The summed E-state index contributed by atoms with van der Waals surface area (Å²) in [4.78, 5) is 14.1. The summed E-state index contributed by atoms with van der Waals surface area (Å²) in [6.07, 6.45) is 0. The van der Waals surface area contributed by atoms with E-state index in [-0.39, 0.29) is 11.9 Å². The summed E-state index contributed by atoms with van der Waals surface area (Å²) in [5, 5.41) is 3.30. The van der Waals surface area contributed by atoms with Crippen LogP contribution in [0.3, 0.4) is 0 Å². The van der Waals surface area contributed by atoms with Crippen LogP contribution in [0, 0.1) is 6.92 Å². The Balaban J connectivity index is 1.85. The molecule has 0 aliphatic carbocycles. The molecule has 1 fully saturated rings. The highest BCUT2D eigenvalue weighted by atomic mass is 16.5. The molecule has 4 heteroatoms. The lowest BCUT2D eigenvalue weighted by Gasteiger charge is -2.29. The lowest BCUT2D eigenvalue weighted by Crippen LogP contribution is -2.49. The summed E-state index contributed by atoms with van der Waals surface area (Å²) < 4.78 is 5.26. The average molecular weight is 262 g/mol. The number of hydrogen-bond acceptors (Lipinski definition) is 3. The van der Waals surface area contributed by atoms with Crippen molar-refractivity contribution >= 4 is 5.91 Å². The number of rotatable bonds is 4. The SMILES string of the molecule is Cc1ccccc1CNC(C)C(=O)N1CCOCC1. The molecule has 1 aromatic carbocycles. The van der Waals surface area contributed by atoms with Crippen molar-refractivity contribution in [2.45, 2.75) is 26.4 Å². The third-order valence-electron chi connectivity index (χ3n) is 3.55. The Bertz CT molecular complexity index is 428. The standard InChI is InChI=1S/C15H22N2O2/c1-12-5-3-4-6-14(12)11-16-13(2)15(18)17-7-9-19-10-8-17/h3-6,13,16H,7-11H2,1-2H3. The second-order valence-electron chi connectivity index (χ2n) is 4.97. The van der Waals surface area contributed by atoms with Crippen molar-refractivity contribution in [1.82, 2.24) is 10.2 Å². The van der Waals surface area contributed by atoms with Gasteiger partial charge in [-0.2, -0.15) is 0 Å². The molecule has 0 aromatic heterocycles. The molecule has 1 unspecified atom stereocenters. The highest BCUT2D eigenvalue weighted by molar-refractivity contribution is 5.81. The average Bonchev–Trinajstić information content (AvgIpc) is 2.46. The lowest BCUT2D eigenvalue weighted by molar-refractivity contribution is -0.137. The Morgan fingerprint density at radius 2 is 2.05 bits per heavy atom. The minimum Gasteiger partial charge on any atom is -0.378 e. The van der Waals surface area contributed by atoms with Gasteiger partial charge < -0.3 is 15.0 Å². The van der Waals surface area contributed by atoms with Gasteiger partial charge in [0.25, 0.3) is 0 Å². The van der Waals surface area contributed by atoms with Gasteiger partial charge in [-0.05, 0) is 25.0 Å². The molecule has 1 atom stereocenters. The molecule has 0 radical (unpaired) electrons. The van der Waals surface area contributed by atoms with Gasteiger partial charge in [-0.1, -0.05) is 24.3 Å². The molecule has 1 amide bonds. The molecule has 1 heterocycles. The number of aryl methyl sites for hydroxylation is 1. The highest BCUT2D eigenvalue weighted by Crippen LogP contribution is 2.07. The Kier molecular flexibility index (Phi) is 4.93. The van der Waals surface area contributed by atoms with Gasteiger partial charge in [0.1, 0.15) is 0 Å². The largest absolute Gasteiger partial charge is 0.378 e. The maximum absolute atomic E-state index is 12.2. The van der Waals surface area contributed by atoms with Crippen LogP contribution in [0.5, 0.6) is 0 Å². The van der Waals surface area contributed by atoms with Crippen molar-refractivity contribution in [3.8, 4) is 0 Å². The van der Waals surface area contributed by atoms with Crippen LogP contribution in [-0.2, 0) is 16.1 Å². The molecule has 2 rings (SSSR count). The highest BCUT2D eigenvalue weighted by Gasteiger charge is 2.21. The third kappa shape index (κ3) is 3.78. The molecule has 104 valence electrons. The first-order valence-electron chi connectivity index (χ1n) is 6.83. The van der Waals surface area contributed by atoms with Gasteiger partial charge in [-0.25, -0.2) is 0 Å². The van der Waals surface area contributed by atoms with Crippen molar-refractivity contribution in [3.05, 3.63) is 35.4 Å². The molecular weight excluding hydrogens is 240 g/mol. The zero-order chi connectivity index (χ0) is 13.7.